The second-order valence-corrected chi connectivity index (χ2v) is 10.8. The summed E-state index contributed by atoms with van der Waals surface area (Å²) in [5, 5.41) is 4.96. The number of nitrogens with one attached hydrogen (secondary N) is 1. The van der Waals surface area contributed by atoms with Gasteiger partial charge in [-0.1, -0.05) is 42.6 Å². The van der Waals surface area contributed by atoms with Gasteiger partial charge in [0.1, 0.15) is 5.75 Å². The number of hydrogen-bond acceptors (Lipinski definition) is 6. The molecule has 1 N–H and O–H groups in total. The topological polar surface area (TPSA) is 85.4 Å². The van der Waals surface area contributed by atoms with Gasteiger partial charge in [0, 0.05) is 22.2 Å². The van der Waals surface area contributed by atoms with Gasteiger partial charge in [0.05, 0.1) is 10.1 Å². The average molecular weight is 477 g/mol. The summed E-state index contributed by atoms with van der Waals surface area (Å²) in [6, 6.07) is 13.1. The van der Waals surface area contributed by atoms with Crippen molar-refractivity contribution in [1.29, 1.82) is 0 Å². The lowest BCUT2D eigenvalue weighted by Crippen LogP contribution is -2.28. The van der Waals surface area contributed by atoms with E-state index in [1.807, 2.05) is 0 Å². The molecule has 1 saturated carbocycles. The van der Waals surface area contributed by atoms with Gasteiger partial charge in [-0.3, -0.25) is 10.1 Å². The molecule has 6 nitrogen and oxygen atoms in total. The lowest BCUT2D eigenvalue weighted by Gasteiger charge is -2.22. The van der Waals surface area contributed by atoms with Gasteiger partial charge in [-0.25, -0.2) is 13.4 Å². The molecule has 0 aliphatic heterocycles. The van der Waals surface area contributed by atoms with Crippen LogP contribution in [0.4, 0.5) is 5.13 Å². The summed E-state index contributed by atoms with van der Waals surface area (Å²) in [6.07, 6.45) is 3.43. The van der Waals surface area contributed by atoms with Crippen LogP contribution in [0.15, 0.2) is 65.0 Å². The fourth-order valence-corrected chi connectivity index (χ4v) is 6.44. The van der Waals surface area contributed by atoms with Crippen molar-refractivity contribution in [3.05, 3.63) is 70.7 Å². The number of ether oxygens (including phenoxy) is 1. The summed E-state index contributed by atoms with van der Waals surface area (Å²) in [5.74, 6) is -0.101. The highest BCUT2D eigenvalue weighted by Crippen LogP contribution is 2.35. The first kappa shape index (κ1) is 21.8. The molecule has 1 aliphatic rings. The summed E-state index contributed by atoms with van der Waals surface area (Å²) < 4.78 is 32.8. The van der Waals surface area contributed by atoms with Gasteiger partial charge >= 0.3 is 0 Å². The quantitative estimate of drug-likeness (QED) is 0.502. The summed E-state index contributed by atoms with van der Waals surface area (Å²) in [4.78, 5) is 17.4. The van der Waals surface area contributed by atoms with Crippen molar-refractivity contribution in [3.63, 3.8) is 0 Å². The summed E-state index contributed by atoms with van der Waals surface area (Å²) in [7, 11) is -3.60. The molecule has 1 fully saturated rings. The minimum absolute atomic E-state index is 0.134. The smallest absolute Gasteiger partial charge is 0.272 e. The Bertz CT molecular complexity index is 1140. The molecule has 2 aromatic carbocycles. The van der Waals surface area contributed by atoms with E-state index >= 15 is 0 Å². The summed E-state index contributed by atoms with van der Waals surface area (Å²) >= 11 is 7.23. The highest BCUT2D eigenvalue weighted by molar-refractivity contribution is 7.92. The Balaban J connectivity index is 1.74. The van der Waals surface area contributed by atoms with Crippen molar-refractivity contribution in [2.45, 2.75) is 41.9 Å². The lowest BCUT2D eigenvalue weighted by molar-refractivity contribution is -0.123. The van der Waals surface area contributed by atoms with Gasteiger partial charge in [-0.2, -0.15) is 0 Å². The first-order chi connectivity index (χ1) is 14.9. The number of carbonyl (C=O) groups excluding carboxylic acids is 1. The SMILES string of the molecule is O=C(Nc1nccs1)C(Oc1ccc(Cl)cc1)c1ccccc1S(=O)(=O)C1CCCC1. The standard InChI is InChI=1S/C22H21ClN2O4S2/c23-15-9-11-16(12-10-15)29-20(21(26)25-22-24-13-14-30-22)18-7-3-4-8-19(18)31(27,28)17-5-1-2-6-17/h3-4,7-14,17,20H,1-2,5-6H2,(H,24,25,26). The monoisotopic (exact) mass is 476 g/mol. The van der Waals surface area contributed by atoms with E-state index in [0.717, 1.165) is 12.8 Å². The average Bonchev–Trinajstić information content (AvgIpc) is 3.48. The number of amides is 1. The molecule has 162 valence electrons. The van der Waals surface area contributed by atoms with E-state index in [4.69, 9.17) is 16.3 Å². The Hall–Kier alpha value is -2.42. The number of carbonyl (C=O) groups is 1. The first-order valence-corrected chi connectivity index (χ1v) is 12.7. The minimum Gasteiger partial charge on any atom is -0.476 e. The van der Waals surface area contributed by atoms with E-state index in [-0.39, 0.29) is 4.90 Å². The molecule has 1 atom stereocenters. The van der Waals surface area contributed by atoms with Crippen LogP contribution in [0.25, 0.3) is 0 Å². The predicted octanol–water partition coefficient (Wildman–Crippen LogP) is 5.27. The molecule has 0 saturated heterocycles. The molecule has 3 aromatic rings. The largest absolute Gasteiger partial charge is 0.476 e. The maximum Gasteiger partial charge on any atom is 0.272 e. The Labute approximate surface area is 190 Å². The number of rotatable bonds is 7. The Morgan fingerprint density at radius 2 is 1.84 bits per heavy atom. The van der Waals surface area contributed by atoms with Crippen molar-refractivity contribution < 1.29 is 17.9 Å². The number of sulfone groups is 1. The molecule has 1 unspecified atom stereocenters. The number of nitrogens with zero attached hydrogens (tertiary/aromatic N) is 1. The van der Waals surface area contributed by atoms with Crippen LogP contribution in [-0.4, -0.2) is 24.6 Å². The number of halogens is 1. The molecule has 4 rings (SSSR count). The first-order valence-electron chi connectivity index (χ1n) is 9.90. The van der Waals surface area contributed by atoms with E-state index in [1.165, 1.54) is 11.3 Å². The minimum atomic E-state index is -3.60. The summed E-state index contributed by atoms with van der Waals surface area (Å²) in [6.45, 7) is 0. The molecule has 1 amide bonds. The van der Waals surface area contributed by atoms with E-state index in [9.17, 15) is 13.2 Å². The molecular weight excluding hydrogens is 456 g/mol. The number of anilines is 1. The lowest BCUT2D eigenvalue weighted by atomic mass is 10.1. The highest BCUT2D eigenvalue weighted by atomic mass is 35.5. The third kappa shape index (κ3) is 4.92. The van der Waals surface area contributed by atoms with Crippen molar-refractivity contribution >= 4 is 43.8 Å². The van der Waals surface area contributed by atoms with E-state index < -0.39 is 27.1 Å². The molecule has 31 heavy (non-hydrogen) atoms. The highest BCUT2D eigenvalue weighted by Gasteiger charge is 2.35. The van der Waals surface area contributed by atoms with Crippen molar-refractivity contribution in [2.75, 3.05) is 5.32 Å². The maximum atomic E-state index is 13.4. The Morgan fingerprint density at radius 1 is 1.13 bits per heavy atom. The van der Waals surface area contributed by atoms with Gasteiger partial charge in [0.15, 0.2) is 15.0 Å². The van der Waals surface area contributed by atoms with Crippen LogP contribution in [-0.2, 0) is 14.6 Å². The number of hydrogen-bond donors (Lipinski definition) is 1. The van der Waals surface area contributed by atoms with E-state index in [0.29, 0.717) is 34.3 Å². The molecule has 0 spiro atoms. The zero-order valence-electron chi connectivity index (χ0n) is 16.5. The number of thiazole rings is 1. The molecule has 1 aliphatic carbocycles. The normalized spacial score (nSPS) is 15.5. The van der Waals surface area contributed by atoms with Crippen LogP contribution >= 0.6 is 22.9 Å². The Kier molecular flexibility index (Phi) is 6.60. The van der Waals surface area contributed by atoms with E-state index in [2.05, 4.69) is 10.3 Å². The van der Waals surface area contributed by atoms with Gasteiger partial charge in [-0.05, 0) is 43.2 Å². The predicted molar refractivity (Wildman–Crippen MR) is 121 cm³/mol. The zero-order valence-corrected chi connectivity index (χ0v) is 18.9. The molecule has 0 bridgehead atoms. The molecule has 9 heteroatoms. The van der Waals surface area contributed by atoms with Crippen LogP contribution in [0.2, 0.25) is 5.02 Å². The van der Waals surface area contributed by atoms with Gasteiger partial charge in [-0.15, -0.1) is 11.3 Å². The van der Waals surface area contributed by atoms with Crippen LogP contribution < -0.4 is 10.1 Å². The van der Waals surface area contributed by atoms with Crippen LogP contribution in [0, 0.1) is 0 Å². The molecule has 1 heterocycles. The van der Waals surface area contributed by atoms with Gasteiger partial charge in [0.25, 0.3) is 5.91 Å². The molecule has 1 aromatic heterocycles. The van der Waals surface area contributed by atoms with Gasteiger partial charge < -0.3 is 4.74 Å². The van der Waals surface area contributed by atoms with Crippen molar-refractivity contribution in [1.82, 2.24) is 4.98 Å². The third-order valence-corrected chi connectivity index (χ3v) is 8.49. The van der Waals surface area contributed by atoms with Crippen LogP contribution in [0.1, 0.15) is 37.4 Å². The number of aromatic nitrogens is 1. The van der Waals surface area contributed by atoms with Crippen molar-refractivity contribution in [3.8, 4) is 5.75 Å². The number of benzene rings is 2. The van der Waals surface area contributed by atoms with Crippen LogP contribution in [0.5, 0.6) is 5.75 Å². The second kappa shape index (κ2) is 9.38. The Morgan fingerprint density at radius 3 is 2.52 bits per heavy atom. The van der Waals surface area contributed by atoms with E-state index in [1.54, 1.807) is 60.1 Å². The molecular formula is C22H21ClN2O4S2. The fraction of sp³-hybridized carbons (Fsp3) is 0.273. The second-order valence-electron chi connectivity index (χ2n) is 7.27. The zero-order chi connectivity index (χ0) is 21.8. The van der Waals surface area contributed by atoms with Crippen LogP contribution in [0.3, 0.4) is 0 Å². The maximum absolute atomic E-state index is 13.4. The van der Waals surface area contributed by atoms with Crippen molar-refractivity contribution in [2.24, 2.45) is 0 Å². The van der Waals surface area contributed by atoms with Gasteiger partial charge in [0.2, 0.25) is 6.10 Å². The fourth-order valence-electron chi connectivity index (χ4n) is 3.70. The molecule has 0 radical (unpaired) electrons. The third-order valence-electron chi connectivity index (χ3n) is 5.22. The summed E-state index contributed by atoms with van der Waals surface area (Å²) in [5.41, 5.74) is 0.304.